The molecule has 9 heteroatoms. The largest absolute Gasteiger partial charge is 0.452 e. The van der Waals surface area contributed by atoms with Gasteiger partial charge < -0.3 is 15.8 Å². The van der Waals surface area contributed by atoms with Gasteiger partial charge in [0.05, 0.1) is 10.5 Å². The van der Waals surface area contributed by atoms with E-state index >= 15 is 0 Å². The Bertz CT molecular complexity index is 809. The van der Waals surface area contributed by atoms with Crippen LogP contribution in [0.4, 0.5) is 17.1 Å². The minimum absolute atomic E-state index is 0.0190. The van der Waals surface area contributed by atoms with Crippen LogP contribution in [-0.2, 0) is 9.53 Å². The molecule has 0 aromatic heterocycles. The summed E-state index contributed by atoms with van der Waals surface area (Å²) in [6.07, 6.45) is 0. The van der Waals surface area contributed by atoms with E-state index in [1.807, 2.05) is 0 Å². The first kappa shape index (κ1) is 17.4. The summed E-state index contributed by atoms with van der Waals surface area (Å²) in [5, 5.41) is 13.2. The smallest absolute Gasteiger partial charge is 0.340 e. The van der Waals surface area contributed by atoms with Crippen LogP contribution in [0.15, 0.2) is 46.9 Å². The van der Waals surface area contributed by atoms with Gasteiger partial charge in [0.2, 0.25) is 0 Å². The lowest BCUT2D eigenvalue weighted by molar-refractivity contribution is -0.383. The Labute approximate surface area is 144 Å². The maximum Gasteiger partial charge on any atom is 0.340 e. The normalized spacial score (nSPS) is 10.0. The molecule has 0 aliphatic rings. The fourth-order valence-electron chi connectivity index (χ4n) is 1.84. The van der Waals surface area contributed by atoms with Crippen molar-refractivity contribution in [3.63, 3.8) is 0 Å². The van der Waals surface area contributed by atoms with E-state index in [2.05, 4.69) is 21.2 Å². The van der Waals surface area contributed by atoms with Gasteiger partial charge in [0.15, 0.2) is 6.61 Å². The first-order chi connectivity index (χ1) is 11.4. The summed E-state index contributed by atoms with van der Waals surface area (Å²) >= 11 is 3.20. The van der Waals surface area contributed by atoms with Crippen LogP contribution in [0.3, 0.4) is 0 Å². The molecule has 0 radical (unpaired) electrons. The van der Waals surface area contributed by atoms with Crippen LogP contribution in [0.2, 0.25) is 0 Å². The molecule has 0 atom stereocenters. The Balaban J connectivity index is 2.00. The average molecular weight is 394 g/mol. The van der Waals surface area contributed by atoms with Crippen molar-refractivity contribution in [2.75, 3.05) is 17.7 Å². The zero-order chi connectivity index (χ0) is 17.7. The topological polar surface area (TPSA) is 125 Å². The monoisotopic (exact) mass is 393 g/mol. The third-order valence-electron chi connectivity index (χ3n) is 2.94. The average Bonchev–Trinajstić information content (AvgIpc) is 2.55. The number of carbonyl (C=O) groups excluding carboxylic acids is 2. The zero-order valence-electron chi connectivity index (χ0n) is 12.2. The van der Waals surface area contributed by atoms with Crippen LogP contribution < -0.4 is 11.1 Å². The Hall–Kier alpha value is -2.94. The third-order valence-corrected chi connectivity index (χ3v) is 3.44. The van der Waals surface area contributed by atoms with Gasteiger partial charge >= 0.3 is 5.97 Å². The van der Waals surface area contributed by atoms with Gasteiger partial charge in [0, 0.05) is 16.2 Å². The van der Waals surface area contributed by atoms with Gasteiger partial charge in [0.25, 0.3) is 11.6 Å². The Morgan fingerprint density at radius 2 is 1.96 bits per heavy atom. The number of anilines is 2. The summed E-state index contributed by atoms with van der Waals surface area (Å²) in [4.78, 5) is 34.0. The molecule has 2 rings (SSSR count). The predicted octanol–water partition coefficient (Wildman–Crippen LogP) is 2.74. The van der Waals surface area contributed by atoms with Gasteiger partial charge in [-0.3, -0.25) is 14.9 Å². The molecule has 0 bridgehead atoms. The van der Waals surface area contributed by atoms with E-state index in [1.54, 1.807) is 6.07 Å². The lowest BCUT2D eigenvalue weighted by Gasteiger charge is -2.08. The fraction of sp³-hybridized carbons (Fsp3) is 0.0667. The van der Waals surface area contributed by atoms with Crippen molar-refractivity contribution in [1.29, 1.82) is 0 Å². The molecule has 124 valence electrons. The fourth-order valence-corrected chi connectivity index (χ4v) is 2.20. The van der Waals surface area contributed by atoms with Crippen molar-refractivity contribution in [1.82, 2.24) is 0 Å². The second-order valence-electron chi connectivity index (χ2n) is 4.63. The number of hydrogen-bond donors (Lipinski definition) is 2. The van der Waals surface area contributed by atoms with E-state index in [0.29, 0.717) is 4.47 Å². The van der Waals surface area contributed by atoms with E-state index < -0.39 is 23.4 Å². The van der Waals surface area contributed by atoms with Gasteiger partial charge in [-0.25, -0.2) is 4.79 Å². The van der Waals surface area contributed by atoms with Crippen LogP contribution in [0.25, 0.3) is 0 Å². The van der Waals surface area contributed by atoms with E-state index in [4.69, 9.17) is 10.5 Å². The molecule has 0 heterocycles. The molecule has 0 saturated carbocycles. The summed E-state index contributed by atoms with van der Waals surface area (Å²) in [6, 6.07) is 10.3. The first-order valence-corrected chi connectivity index (χ1v) is 7.43. The zero-order valence-corrected chi connectivity index (χ0v) is 13.8. The molecule has 0 saturated heterocycles. The SMILES string of the molecule is Nc1ccc(Br)cc1C(=O)OCC(=O)Nc1ccccc1[N+](=O)[O-]. The van der Waals surface area contributed by atoms with Gasteiger partial charge in [-0.05, 0) is 24.3 Å². The molecule has 3 N–H and O–H groups in total. The minimum atomic E-state index is -0.772. The Morgan fingerprint density at radius 3 is 2.67 bits per heavy atom. The number of nitro benzene ring substituents is 1. The van der Waals surface area contributed by atoms with Crippen LogP contribution in [-0.4, -0.2) is 23.4 Å². The molecule has 8 nitrogen and oxygen atoms in total. The quantitative estimate of drug-likeness (QED) is 0.348. The van der Waals surface area contributed by atoms with Crippen molar-refractivity contribution in [2.24, 2.45) is 0 Å². The molecule has 2 aromatic carbocycles. The molecular weight excluding hydrogens is 382 g/mol. The second kappa shape index (κ2) is 7.55. The molecule has 0 fully saturated rings. The highest BCUT2D eigenvalue weighted by Crippen LogP contribution is 2.23. The van der Waals surface area contributed by atoms with Gasteiger partial charge in [-0.1, -0.05) is 28.1 Å². The summed E-state index contributed by atoms with van der Waals surface area (Å²) in [5.41, 5.74) is 5.76. The molecular formula is C15H12BrN3O5. The standard InChI is InChI=1S/C15H12BrN3O5/c16-9-5-6-11(17)10(7-9)15(21)24-8-14(20)18-12-3-1-2-4-13(12)19(22)23/h1-7H,8,17H2,(H,18,20). The van der Waals surface area contributed by atoms with Crippen LogP contribution in [0, 0.1) is 10.1 Å². The van der Waals surface area contributed by atoms with Crippen molar-refractivity contribution < 1.29 is 19.2 Å². The van der Waals surface area contributed by atoms with E-state index in [0.717, 1.165) is 0 Å². The van der Waals surface area contributed by atoms with E-state index in [1.165, 1.54) is 36.4 Å². The first-order valence-electron chi connectivity index (χ1n) is 6.64. The number of nitro groups is 1. The van der Waals surface area contributed by atoms with Crippen LogP contribution in [0.5, 0.6) is 0 Å². The maximum atomic E-state index is 11.9. The molecule has 1 amide bonds. The number of rotatable bonds is 5. The highest BCUT2D eigenvalue weighted by Gasteiger charge is 2.17. The molecule has 0 spiro atoms. The molecule has 0 aliphatic carbocycles. The number of benzene rings is 2. The van der Waals surface area contributed by atoms with Crippen molar-refractivity contribution in [3.05, 3.63) is 62.6 Å². The van der Waals surface area contributed by atoms with E-state index in [-0.39, 0.29) is 22.6 Å². The lowest BCUT2D eigenvalue weighted by Crippen LogP contribution is -2.21. The van der Waals surface area contributed by atoms with Gasteiger partial charge in [-0.15, -0.1) is 0 Å². The van der Waals surface area contributed by atoms with E-state index in [9.17, 15) is 19.7 Å². The van der Waals surface area contributed by atoms with Gasteiger partial charge in [0.1, 0.15) is 5.69 Å². The van der Waals surface area contributed by atoms with Crippen LogP contribution in [0.1, 0.15) is 10.4 Å². The number of nitrogen functional groups attached to an aromatic ring is 1. The number of hydrogen-bond acceptors (Lipinski definition) is 6. The third kappa shape index (κ3) is 4.29. The number of amides is 1. The summed E-state index contributed by atoms with van der Waals surface area (Å²) in [5.74, 6) is -1.47. The maximum absolute atomic E-state index is 11.9. The molecule has 0 unspecified atom stereocenters. The summed E-state index contributed by atoms with van der Waals surface area (Å²) in [7, 11) is 0. The number of halogens is 1. The summed E-state index contributed by atoms with van der Waals surface area (Å²) in [6.45, 7) is -0.600. The number of nitrogens with two attached hydrogens (primary N) is 1. The molecule has 0 aliphatic heterocycles. The highest BCUT2D eigenvalue weighted by molar-refractivity contribution is 9.10. The second-order valence-corrected chi connectivity index (χ2v) is 5.55. The number of esters is 1. The number of para-hydroxylation sites is 2. The van der Waals surface area contributed by atoms with Gasteiger partial charge in [-0.2, -0.15) is 0 Å². The number of nitrogens with zero attached hydrogens (tertiary/aromatic N) is 1. The number of carbonyl (C=O) groups is 2. The molecule has 24 heavy (non-hydrogen) atoms. The highest BCUT2D eigenvalue weighted by atomic mass is 79.9. The number of ether oxygens (including phenoxy) is 1. The van der Waals surface area contributed by atoms with Crippen molar-refractivity contribution in [2.45, 2.75) is 0 Å². The van der Waals surface area contributed by atoms with Crippen molar-refractivity contribution >= 4 is 44.9 Å². The lowest BCUT2D eigenvalue weighted by atomic mass is 10.2. The minimum Gasteiger partial charge on any atom is -0.452 e. The summed E-state index contributed by atoms with van der Waals surface area (Å²) < 4.78 is 5.51. The van der Waals surface area contributed by atoms with Crippen LogP contribution >= 0.6 is 15.9 Å². The molecule has 2 aromatic rings. The number of nitrogens with one attached hydrogen (secondary N) is 1. The van der Waals surface area contributed by atoms with Crippen molar-refractivity contribution in [3.8, 4) is 0 Å². The predicted molar refractivity (Wildman–Crippen MR) is 90.6 cm³/mol. The Kier molecular flexibility index (Phi) is 5.48. The Morgan fingerprint density at radius 1 is 1.25 bits per heavy atom.